The lowest BCUT2D eigenvalue weighted by Crippen LogP contribution is -2.44. The maximum atomic E-state index is 13.6. The second-order valence-electron chi connectivity index (χ2n) is 4.38. The fourth-order valence-corrected chi connectivity index (χ4v) is 2.57. The van der Waals surface area contributed by atoms with Crippen LogP contribution < -0.4 is 10.2 Å². The van der Waals surface area contributed by atoms with E-state index < -0.39 is 5.82 Å². The van der Waals surface area contributed by atoms with Crippen LogP contribution >= 0.6 is 0 Å². The van der Waals surface area contributed by atoms with Gasteiger partial charge in [0, 0.05) is 20.1 Å². The Morgan fingerprint density at radius 1 is 1.53 bits per heavy atom. The summed E-state index contributed by atoms with van der Waals surface area (Å²) in [7, 11) is 1.63. The average Bonchev–Trinajstić information content (AvgIpc) is 2.76. The van der Waals surface area contributed by atoms with Crippen LogP contribution in [0.2, 0.25) is 0 Å². The SMILES string of the molecule is COC1CC2C(=O)Nc3c(F)cccc3N2C1. The van der Waals surface area contributed by atoms with Crippen LogP contribution in [0.3, 0.4) is 0 Å². The molecule has 2 aliphatic heterocycles. The van der Waals surface area contributed by atoms with Crippen molar-refractivity contribution in [3.05, 3.63) is 24.0 Å². The van der Waals surface area contributed by atoms with E-state index in [0.717, 1.165) is 5.69 Å². The second kappa shape index (κ2) is 3.70. The molecule has 5 heteroatoms. The highest BCUT2D eigenvalue weighted by Crippen LogP contribution is 2.38. The monoisotopic (exact) mass is 236 g/mol. The van der Waals surface area contributed by atoms with E-state index in [9.17, 15) is 9.18 Å². The van der Waals surface area contributed by atoms with E-state index in [0.29, 0.717) is 13.0 Å². The van der Waals surface area contributed by atoms with Gasteiger partial charge in [-0.25, -0.2) is 4.39 Å². The molecule has 0 spiro atoms. The predicted octanol–water partition coefficient (Wildman–Crippen LogP) is 1.37. The number of carbonyl (C=O) groups excluding carboxylic acids is 1. The molecule has 1 aromatic rings. The first-order valence-electron chi connectivity index (χ1n) is 5.59. The quantitative estimate of drug-likeness (QED) is 0.800. The number of hydrogen-bond donors (Lipinski definition) is 1. The Labute approximate surface area is 98.4 Å². The summed E-state index contributed by atoms with van der Waals surface area (Å²) in [6.07, 6.45) is 0.679. The summed E-state index contributed by atoms with van der Waals surface area (Å²) in [6, 6.07) is 4.59. The maximum Gasteiger partial charge on any atom is 0.247 e. The van der Waals surface area contributed by atoms with Crippen LogP contribution in [0.25, 0.3) is 0 Å². The molecule has 0 saturated carbocycles. The number of halogens is 1. The highest BCUT2D eigenvalue weighted by atomic mass is 19.1. The van der Waals surface area contributed by atoms with E-state index in [4.69, 9.17) is 4.74 Å². The number of para-hydroxylation sites is 1. The standard InChI is InChI=1S/C12H13FN2O2/c1-17-7-5-10-12(16)14-11-8(13)3-2-4-9(11)15(10)6-7/h2-4,7,10H,5-6H2,1H3,(H,14,16). The fraction of sp³-hybridized carbons (Fsp3) is 0.417. The van der Waals surface area contributed by atoms with Crippen LogP contribution in [0.5, 0.6) is 0 Å². The number of anilines is 2. The molecule has 1 N–H and O–H groups in total. The molecule has 2 atom stereocenters. The molecule has 0 bridgehead atoms. The summed E-state index contributed by atoms with van der Waals surface area (Å²) in [4.78, 5) is 13.8. The number of amides is 1. The molecule has 90 valence electrons. The smallest absolute Gasteiger partial charge is 0.247 e. The van der Waals surface area contributed by atoms with Gasteiger partial charge in [0.25, 0.3) is 0 Å². The van der Waals surface area contributed by atoms with Gasteiger partial charge in [0.05, 0.1) is 11.8 Å². The first-order valence-corrected chi connectivity index (χ1v) is 5.59. The highest BCUT2D eigenvalue weighted by molar-refractivity contribution is 6.04. The van der Waals surface area contributed by atoms with Crippen molar-refractivity contribution in [3.8, 4) is 0 Å². The second-order valence-corrected chi connectivity index (χ2v) is 4.38. The molecule has 1 amide bonds. The average molecular weight is 236 g/mol. The van der Waals surface area contributed by atoms with E-state index in [1.165, 1.54) is 6.07 Å². The van der Waals surface area contributed by atoms with Gasteiger partial charge in [-0.05, 0) is 12.1 Å². The Morgan fingerprint density at radius 2 is 2.35 bits per heavy atom. The van der Waals surface area contributed by atoms with Crippen molar-refractivity contribution < 1.29 is 13.9 Å². The summed E-state index contributed by atoms with van der Waals surface area (Å²) in [5, 5.41) is 2.63. The van der Waals surface area contributed by atoms with Crippen molar-refractivity contribution in [1.29, 1.82) is 0 Å². The van der Waals surface area contributed by atoms with E-state index >= 15 is 0 Å². The van der Waals surface area contributed by atoms with Crippen molar-refractivity contribution >= 4 is 17.3 Å². The zero-order chi connectivity index (χ0) is 12.0. The Hall–Kier alpha value is -1.62. The first kappa shape index (κ1) is 10.5. The van der Waals surface area contributed by atoms with Gasteiger partial charge in [0.2, 0.25) is 5.91 Å². The molecule has 17 heavy (non-hydrogen) atoms. The lowest BCUT2D eigenvalue weighted by molar-refractivity contribution is -0.117. The number of nitrogens with one attached hydrogen (secondary N) is 1. The zero-order valence-electron chi connectivity index (χ0n) is 9.44. The number of rotatable bonds is 1. The minimum atomic E-state index is -0.393. The molecular formula is C12H13FN2O2. The molecule has 1 fully saturated rings. The van der Waals surface area contributed by atoms with Gasteiger partial charge < -0.3 is 15.0 Å². The van der Waals surface area contributed by atoms with E-state index in [1.54, 1.807) is 13.2 Å². The fourth-order valence-electron chi connectivity index (χ4n) is 2.57. The molecule has 0 radical (unpaired) electrons. The number of hydrogen-bond acceptors (Lipinski definition) is 3. The van der Waals surface area contributed by atoms with Gasteiger partial charge in [-0.3, -0.25) is 4.79 Å². The van der Waals surface area contributed by atoms with Gasteiger partial charge >= 0.3 is 0 Å². The van der Waals surface area contributed by atoms with E-state index in [2.05, 4.69) is 5.32 Å². The lowest BCUT2D eigenvalue weighted by atomic mass is 10.1. The van der Waals surface area contributed by atoms with Gasteiger partial charge in [-0.15, -0.1) is 0 Å². The van der Waals surface area contributed by atoms with Gasteiger partial charge in [0.15, 0.2) is 0 Å². The van der Waals surface area contributed by atoms with Crippen molar-refractivity contribution in [1.82, 2.24) is 0 Å². The summed E-state index contributed by atoms with van der Waals surface area (Å²) in [5.41, 5.74) is 1.03. The summed E-state index contributed by atoms with van der Waals surface area (Å²) in [6.45, 7) is 0.630. The van der Waals surface area contributed by atoms with Crippen LogP contribution in [0.1, 0.15) is 6.42 Å². The van der Waals surface area contributed by atoms with Crippen LogP contribution in [-0.4, -0.2) is 31.7 Å². The van der Waals surface area contributed by atoms with Gasteiger partial charge in [0.1, 0.15) is 17.5 Å². The molecule has 1 saturated heterocycles. The normalized spacial score (nSPS) is 26.5. The Balaban J connectivity index is 2.05. The molecule has 2 unspecified atom stereocenters. The number of carbonyl (C=O) groups is 1. The van der Waals surface area contributed by atoms with E-state index in [1.807, 2.05) is 11.0 Å². The van der Waals surface area contributed by atoms with Gasteiger partial charge in [-0.2, -0.15) is 0 Å². The minimum absolute atomic E-state index is 0.0277. The minimum Gasteiger partial charge on any atom is -0.380 e. The maximum absolute atomic E-state index is 13.6. The molecule has 0 aromatic heterocycles. The van der Waals surface area contributed by atoms with Crippen molar-refractivity contribution in [3.63, 3.8) is 0 Å². The number of methoxy groups -OCH3 is 1. The Kier molecular flexibility index (Phi) is 2.29. The van der Waals surface area contributed by atoms with Crippen LogP contribution in [0.4, 0.5) is 15.8 Å². The third kappa shape index (κ3) is 1.50. The largest absolute Gasteiger partial charge is 0.380 e. The first-order chi connectivity index (χ1) is 8.20. The third-order valence-electron chi connectivity index (χ3n) is 3.45. The highest BCUT2D eigenvalue weighted by Gasteiger charge is 2.41. The van der Waals surface area contributed by atoms with Gasteiger partial charge in [-0.1, -0.05) is 6.07 Å². The summed E-state index contributed by atoms with van der Waals surface area (Å²) < 4.78 is 18.9. The Bertz CT molecular complexity index is 478. The number of fused-ring (bicyclic) bond motifs is 3. The van der Waals surface area contributed by atoms with Crippen LogP contribution in [0.15, 0.2) is 18.2 Å². The number of benzene rings is 1. The van der Waals surface area contributed by atoms with E-state index in [-0.39, 0.29) is 23.7 Å². The molecule has 1 aromatic carbocycles. The summed E-state index contributed by atoms with van der Waals surface area (Å²) >= 11 is 0. The van der Waals surface area contributed by atoms with Crippen LogP contribution in [0, 0.1) is 5.82 Å². The van der Waals surface area contributed by atoms with Crippen molar-refractivity contribution in [2.24, 2.45) is 0 Å². The molecule has 4 nitrogen and oxygen atoms in total. The molecule has 2 heterocycles. The van der Waals surface area contributed by atoms with Crippen LogP contribution in [-0.2, 0) is 9.53 Å². The zero-order valence-corrected chi connectivity index (χ0v) is 9.44. The summed E-state index contributed by atoms with van der Waals surface area (Å²) in [5.74, 6) is -0.544. The molecule has 0 aliphatic carbocycles. The molecular weight excluding hydrogens is 223 g/mol. The molecule has 3 rings (SSSR count). The third-order valence-corrected chi connectivity index (χ3v) is 3.45. The van der Waals surface area contributed by atoms with Crippen molar-refractivity contribution in [2.75, 3.05) is 23.9 Å². The number of nitrogens with zero attached hydrogens (tertiary/aromatic N) is 1. The topological polar surface area (TPSA) is 41.6 Å². The Morgan fingerprint density at radius 3 is 3.12 bits per heavy atom. The van der Waals surface area contributed by atoms with Crippen molar-refractivity contribution in [2.45, 2.75) is 18.6 Å². The number of ether oxygens (including phenoxy) is 1. The predicted molar refractivity (Wildman–Crippen MR) is 61.6 cm³/mol. The lowest BCUT2D eigenvalue weighted by Gasteiger charge is -2.32. The molecule has 2 aliphatic rings.